The molecule has 2 atom stereocenters. The van der Waals surface area contributed by atoms with Crippen molar-refractivity contribution in [1.82, 2.24) is 10.2 Å². The van der Waals surface area contributed by atoms with Crippen LogP contribution in [0.3, 0.4) is 0 Å². The molecule has 0 spiro atoms. The topological polar surface area (TPSA) is 69.6 Å². The number of amides is 2. The summed E-state index contributed by atoms with van der Waals surface area (Å²) in [6, 6.07) is -0.699. The minimum absolute atomic E-state index is 0.148. The monoisotopic (exact) mass is 254 g/mol. The van der Waals surface area contributed by atoms with Crippen molar-refractivity contribution in [2.24, 2.45) is 5.92 Å². The fourth-order valence-corrected chi connectivity index (χ4v) is 3.12. The summed E-state index contributed by atoms with van der Waals surface area (Å²) in [6.45, 7) is 2.58. The van der Waals surface area contributed by atoms with Gasteiger partial charge in [0.15, 0.2) is 0 Å². The van der Waals surface area contributed by atoms with E-state index < -0.39 is 12.0 Å². The van der Waals surface area contributed by atoms with Gasteiger partial charge in [0.05, 0.1) is 0 Å². The van der Waals surface area contributed by atoms with Crippen LogP contribution in [0.1, 0.15) is 45.4 Å². The van der Waals surface area contributed by atoms with E-state index in [0.29, 0.717) is 18.9 Å². The first-order valence-electron chi connectivity index (χ1n) is 6.89. The molecule has 1 unspecified atom stereocenters. The highest BCUT2D eigenvalue weighted by Crippen LogP contribution is 2.28. The number of hydrogen-bond donors (Lipinski definition) is 2. The third kappa shape index (κ3) is 2.76. The maximum absolute atomic E-state index is 12.1. The van der Waals surface area contributed by atoms with Crippen molar-refractivity contribution >= 4 is 12.0 Å². The molecule has 2 aliphatic rings. The Bertz CT molecular complexity index is 326. The standard InChI is InChI=1S/C13H22N2O3/c1-9(10-5-2-3-6-10)14-13(18)15-8-4-7-11(15)12(16)17/h9-11H,2-8H2,1H3,(H,14,18)(H,16,17)/t9?,11-/m0/s1. The zero-order valence-corrected chi connectivity index (χ0v) is 10.9. The molecular formula is C13H22N2O3. The van der Waals surface area contributed by atoms with Gasteiger partial charge in [-0.3, -0.25) is 0 Å². The van der Waals surface area contributed by atoms with Gasteiger partial charge in [0.2, 0.25) is 0 Å². The molecule has 18 heavy (non-hydrogen) atoms. The number of aliphatic carboxylic acids is 1. The SMILES string of the molecule is CC(NC(=O)N1CCC[C@H]1C(=O)O)C1CCCC1. The third-order valence-corrected chi connectivity index (χ3v) is 4.26. The molecule has 0 aromatic rings. The van der Waals surface area contributed by atoms with E-state index in [1.54, 1.807) is 0 Å². The van der Waals surface area contributed by atoms with Gasteiger partial charge in [0, 0.05) is 12.6 Å². The maximum Gasteiger partial charge on any atom is 0.326 e. The first-order chi connectivity index (χ1) is 8.59. The minimum Gasteiger partial charge on any atom is -0.480 e. The highest BCUT2D eigenvalue weighted by atomic mass is 16.4. The van der Waals surface area contributed by atoms with Gasteiger partial charge in [0.25, 0.3) is 0 Å². The van der Waals surface area contributed by atoms with Crippen LogP contribution in [0.4, 0.5) is 4.79 Å². The van der Waals surface area contributed by atoms with Gasteiger partial charge in [0.1, 0.15) is 6.04 Å². The number of carbonyl (C=O) groups is 2. The molecule has 5 heteroatoms. The molecule has 1 aliphatic heterocycles. The fraction of sp³-hybridized carbons (Fsp3) is 0.846. The second-order valence-electron chi connectivity index (χ2n) is 5.47. The summed E-state index contributed by atoms with van der Waals surface area (Å²) in [7, 11) is 0. The fourth-order valence-electron chi connectivity index (χ4n) is 3.12. The second-order valence-corrected chi connectivity index (χ2v) is 5.47. The number of carbonyl (C=O) groups excluding carboxylic acids is 1. The molecule has 2 amide bonds. The Morgan fingerprint density at radius 3 is 2.50 bits per heavy atom. The van der Waals surface area contributed by atoms with Gasteiger partial charge < -0.3 is 15.3 Å². The Kier molecular flexibility index (Phi) is 4.09. The Balaban J connectivity index is 1.88. The molecule has 1 saturated heterocycles. The van der Waals surface area contributed by atoms with Crippen molar-refractivity contribution < 1.29 is 14.7 Å². The van der Waals surface area contributed by atoms with Gasteiger partial charge in [-0.2, -0.15) is 0 Å². The average Bonchev–Trinajstić information content (AvgIpc) is 3.00. The Labute approximate surface area is 108 Å². The predicted octanol–water partition coefficient (Wildman–Crippen LogP) is 1.82. The number of hydrogen-bond acceptors (Lipinski definition) is 2. The van der Waals surface area contributed by atoms with Crippen LogP contribution in [0, 0.1) is 5.92 Å². The molecular weight excluding hydrogens is 232 g/mol. The zero-order valence-electron chi connectivity index (χ0n) is 10.9. The number of nitrogens with one attached hydrogen (secondary N) is 1. The summed E-state index contributed by atoms with van der Waals surface area (Å²) in [4.78, 5) is 24.6. The predicted molar refractivity (Wildman–Crippen MR) is 67.3 cm³/mol. The van der Waals surface area contributed by atoms with E-state index in [1.807, 2.05) is 6.92 Å². The quantitative estimate of drug-likeness (QED) is 0.807. The Morgan fingerprint density at radius 2 is 1.89 bits per heavy atom. The lowest BCUT2D eigenvalue weighted by atomic mass is 10.00. The Morgan fingerprint density at radius 1 is 1.22 bits per heavy atom. The van der Waals surface area contributed by atoms with Crippen LogP contribution in [-0.2, 0) is 4.79 Å². The first-order valence-corrected chi connectivity index (χ1v) is 6.89. The molecule has 5 nitrogen and oxygen atoms in total. The maximum atomic E-state index is 12.1. The number of likely N-dealkylation sites (tertiary alicyclic amines) is 1. The molecule has 1 saturated carbocycles. The molecule has 1 aliphatic carbocycles. The van der Waals surface area contributed by atoms with Gasteiger partial charge in [-0.15, -0.1) is 0 Å². The largest absolute Gasteiger partial charge is 0.480 e. The highest BCUT2D eigenvalue weighted by molar-refractivity contribution is 5.83. The van der Waals surface area contributed by atoms with Gasteiger partial charge >= 0.3 is 12.0 Å². The average molecular weight is 254 g/mol. The summed E-state index contributed by atoms with van der Waals surface area (Å²) in [6.07, 6.45) is 6.18. The summed E-state index contributed by atoms with van der Waals surface area (Å²) < 4.78 is 0. The van der Waals surface area contributed by atoms with E-state index >= 15 is 0 Å². The van der Waals surface area contributed by atoms with E-state index in [1.165, 1.54) is 30.6 Å². The van der Waals surface area contributed by atoms with Crippen LogP contribution in [0.2, 0.25) is 0 Å². The van der Waals surface area contributed by atoms with Gasteiger partial charge in [-0.05, 0) is 38.5 Å². The zero-order chi connectivity index (χ0) is 13.1. The van der Waals surface area contributed by atoms with Crippen LogP contribution in [0.15, 0.2) is 0 Å². The third-order valence-electron chi connectivity index (χ3n) is 4.26. The lowest BCUT2D eigenvalue weighted by Gasteiger charge is -2.26. The smallest absolute Gasteiger partial charge is 0.326 e. The van der Waals surface area contributed by atoms with Gasteiger partial charge in [-0.25, -0.2) is 9.59 Å². The van der Waals surface area contributed by atoms with Crippen LogP contribution in [0.5, 0.6) is 0 Å². The molecule has 0 aromatic carbocycles. The van der Waals surface area contributed by atoms with E-state index in [2.05, 4.69) is 5.32 Å². The molecule has 0 aromatic heterocycles. The van der Waals surface area contributed by atoms with E-state index in [0.717, 1.165) is 6.42 Å². The van der Waals surface area contributed by atoms with Crippen molar-refractivity contribution in [3.05, 3.63) is 0 Å². The van der Waals surface area contributed by atoms with Crippen LogP contribution >= 0.6 is 0 Å². The van der Waals surface area contributed by atoms with Crippen molar-refractivity contribution in [2.45, 2.75) is 57.5 Å². The first kappa shape index (κ1) is 13.2. The molecule has 1 heterocycles. The normalized spacial score (nSPS) is 26.3. The van der Waals surface area contributed by atoms with Crippen molar-refractivity contribution in [2.75, 3.05) is 6.54 Å². The lowest BCUT2D eigenvalue weighted by molar-refractivity contribution is -0.141. The molecule has 2 N–H and O–H groups in total. The van der Waals surface area contributed by atoms with Crippen molar-refractivity contribution in [3.63, 3.8) is 0 Å². The summed E-state index contributed by atoms with van der Waals surface area (Å²) in [5, 5.41) is 12.0. The number of carboxylic acid groups (broad SMARTS) is 1. The summed E-state index contributed by atoms with van der Waals surface area (Å²) in [5.41, 5.74) is 0. The van der Waals surface area contributed by atoms with E-state index in [4.69, 9.17) is 5.11 Å². The molecule has 2 rings (SSSR count). The minimum atomic E-state index is -0.892. The summed E-state index contributed by atoms with van der Waals surface area (Å²) >= 11 is 0. The van der Waals surface area contributed by atoms with Gasteiger partial charge in [-0.1, -0.05) is 12.8 Å². The number of carboxylic acids is 1. The van der Waals surface area contributed by atoms with Crippen LogP contribution < -0.4 is 5.32 Å². The van der Waals surface area contributed by atoms with E-state index in [9.17, 15) is 9.59 Å². The molecule has 0 radical (unpaired) electrons. The lowest BCUT2D eigenvalue weighted by Crippen LogP contribution is -2.49. The van der Waals surface area contributed by atoms with Crippen molar-refractivity contribution in [3.8, 4) is 0 Å². The number of rotatable bonds is 3. The van der Waals surface area contributed by atoms with Crippen LogP contribution in [0.25, 0.3) is 0 Å². The van der Waals surface area contributed by atoms with Crippen LogP contribution in [-0.4, -0.2) is 40.6 Å². The van der Waals surface area contributed by atoms with Crippen molar-refractivity contribution in [1.29, 1.82) is 0 Å². The molecule has 102 valence electrons. The Hall–Kier alpha value is -1.26. The number of nitrogens with zero attached hydrogens (tertiary/aromatic N) is 1. The molecule has 0 bridgehead atoms. The number of urea groups is 1. The summed E-state index contributed by atoms with van der Waals surface area (Å²) in [5.74, 6) is -0.337. The molecule has 2 fully saturated rings. The second kappa shape index (κ2) is 5.59. The highest BCUT2D eigenvalue weighted by Gasteiger charge is 2.35. The van der Waals surface area contributed by atoms with E-state index in [-0.39, 0.29) is 12.1 Å².